The fourth-order valence-electron chi connectivity index (χ4n) is 3.04. The molecule has 1 aliphatic carbocycles. The van der Waals surface area contributed by atoms with Gasteiger partial charge in [0, 0.05) is 18.3 Å². The molecule has 5 nitrogen and oxygen atoms in total. The van der Waals surface area contributed by atoms with Crippen LogP contribution in [-0.2, 0) is 17.5 Å². The molecule has 1 N–H and O–H groups in total. The first-order valence-electron chi connectivity index (χ1n) is 9.07. The third-order valence-corrected chi connectivity index (χ3v) is 4.56. The van der Waals surface area contributed by atoms with Crippen LogP contribution in [0.1, 0.15) is 36.8 Å². The molecule has 1 saturated carbocycles. The lowest BCUT2D eigenvalue weighted by Crippen LogP contribution is -2.40. The zero-order chi connectivity index (χ0) is 20.0. The summed E-state index contributed by atoms with van der Waals surface area (Å²) in [6.45, 7) is 0.213. The van der Waals surface area contributed by atoms with Crippen LogP contribution in [0.25, 0.3) is 0 Å². The zero-order valence-corrected chi connectivity index (χ0v) is 15.1. The van der Waals surface area contributed by atoms with E-state index in [4.69, 9.17) is 9.47 Å². The first kappa shape index (κ1) is 20.0. The lowest BCUT2D eigenvalue weighted by Gasteiger charge is -2.29. The minimum atomic E-state index is -4.41. The summed E-state index contributed by atoms with van der Waals surface area (Å²) in [6.07, 6.45) is -1.49. The highest BCUT2D eigenvalue weighted by Crippen LogP contribution is 2.30. The Morgan fingerprint density at radius 1 is 1.07 bits per heavy atom. The molecular weight excluding hydrogens is 373 g/mol. The molecule has 28 heavy (non-hydrogen) atoms. The zero-order valence-electron chi connectivity index (χ0n) is 15.1. The molecular formula is C20H21F3N2O3. The Bertz CT molecular complexity index is 759. The normalized spacial score (nSPS) is 19.7. The van der Waals surface area contributed by atoms with Crippen molar-refractivity contribution in [3.8, 4) is 5.88 Å². The number of carbonyl (C=O) groups is 1. The quantitative estimate of drug-likeness (QED) is 0.797. The molecule has 1 aromatic heterocycles. The van der Waals surface area contributed by atoms with Crippen LogP contribution in [0.15, 0.2) is 48.7 Å². The van der Waals surface area contributed by atoms with E-state index in [1.807, 2.05) is 30.3 Å². The average Bonchev–Trinajstić information content (AvgIpc) is 2.68. The molecule has 8 heteroatoms. The molecule has 1 heterocycles. The topological polar surface area (TPSA) is 60.5 Å². The summed E-state index contributed by atoms with van der Waals surface area (Å²) in [6, 6.07) is 11.6. The van der Waals surface area contributed by atoms with Crippen molar-refractivity contribution in [1.82, 2.24) is 10.3 Å². The van der Waals surface area contributed by atoms with Crippen LogP contribution < -0.4 is 10.1 Å². The summed E-state index contributed by atoms with van der Waals surface area (Å²) < 4.78 is 48.5. The van der Waals surface area contributed by atoms with Gasteiger partial charge in [0.05, 0.1) is 5.56 Å². The second kappa shape index (κ2) is 8.95. The molecule has 1 aromatic carbocycles. The van der Waals surface area contributed by atoms with Crippen LogP contribution in [-0.4, -0.2) is 23.2 Å². The minimum absolute atomic E-state index is 0.0105. The highest BCUT2D eigenvalue weighted by atomic mass is 19.4. The molecule has 150 valence electrons. The van der Waals surface area contributed by atoms with Gasteiger partial charge in [0.1, 0.15) is 12.7 Å². The summed E-state index contributed by atoms with van der Waals surface area (Å²) in [5, 5.41) is 2.84. The van der Waals surface area contributed by atoms with E-state index in [9.17, 15) is 18.0 Å². The number of halogens is 3. The summed E-state index contributed by atoms with van der Waals surface area (Å²) in [7, 11) is 0. The molecule has 1 fully saturated rings. The number of alkyl carbamates (subject to hydrolysis) is 1. The molecule has 0 bridgehead atoms. The number of pyridine rings is 1. The van der Waals surface area contributed by atoms with Crippen molar-refractivity contribution >= 4 is 6.09 Å². The Balaban J connectivity index is 1.39. The number of carbonyl (C=O) groups excluding carboxylic acids is 1. The molecule has 1 amide bonds. The molecule has 0 radical (unpaired) electrons. The number of alkyl halides is 3. The molecule has 0 aliphatic heterocycles. The van der Waals surface area contributed by atoms with Gasteiger partial charge in [0.25, 0.3) is 0 Å². The first-order valence-corrected chi connectivity index (χ1v) is 9.07. The Labute approximate surface area is 160 Å². The van der Waals surface area contributed by atoms with Gasteiger partial charge < -0.3 is 14.8 Å². The Morgan fingerprint density at radius 3 is 2.39 bits per heavy atom. The van der Waals surface area contributed by atoms with Crippen LogP contribution in [0.3, 0.4) is 0 Å². The molecule has 0 spiro atoms. The predicted octanol–water partition coefficient (Wildman–Crippen LogP) is 4.72. The van der Waals surface area contributed by atoms with Crippen LogP contribution in [0.4, 0.5) is 18.0 Å². The van der Waals surface area contributed by atoms with Crippen molar-refractivity contribution in [3.05, 3.63) is 59.8 Å². The number of hydrogen-bond donors (Lipinski definition) is 1. The van der Waals surface area contributed by atoms with Crippen molar-refractivity contribution < 1.29 is 27.4 Å². The van der Waals surface area contributed by atoms with Gasteiger partial charge >= 0.3 is 12.3 Å². The van der Waals surface area contributed by atoms with E-state index in [1.165, 1.54) is 6.07 Å². The summed E-state index contributed by atoms with van der Waals surface area (Å²) in [5.41, 5.74) is 0.112. The Hall–Kier alpha value is -2.77. The molecule has 1 aliphatic rings. The van der Waals surface area contributed by atoms with E-state index in [0.29, 0.717) is 25.7 Å². The van der Waals surface area contributed by atoms with Crippen molar-refractivity contribution in [1.29, 1.82) is 0 Å². The number of benzene rings is 1. The average molecular weight is 394 g/mol. The summed E-state index contributed by atoms with van der Waals surface area (Å²) >= 11 is 0. The highest BCUT2D eigenvalue weighted by Gasteiger charge is 2.31. The van der Waals surface area contributed by atoms with E-state index >= 15 is 0 Å². The van der Waals surface area contributed by atoms with Crippen LogP contribution in [0.5, 0.6) is 5.88 Å². The highest BCUT2D eigenvalue weighted by molar-refractivity contribution is 5.67. The third kappa shape index (κ3) is 5.87. The second-order valence-electron chi connectivity index (χ2n) is 6.68. The van der Waals surface area contributed by atoms with Gasteiger partial charge in [-0.3, -0.25) is 0 Å². The maximum absolute atomic E-state index is 12.6. The number of nitrogens with one attached hydrogen (secondary N) is 1. The van der Waals surface area contributed by atoms with Gasteiger partial charge in [-0.05, 0) is 37.3 Å². The van der Waals surface area contributed by atoms with Crippen LogP contribution in [0.2, 0.25) is 0 Å². The van der Waals surface area contributed by atoms with Gasteiger partial charge in [-0.2, -0.15) is 13.2 Å². The number of aromatic nitrogens is 1. The lowest BCUT2D eigenvalue weighted by molar-refractivity contribution is -0.137. The van der Waals surface area contributed by atoms with E-state index in [2.05, 4.69) is 10.3 Å². The van der Waals surface area contributed by atoms with Crippen LogP contribution >= 0.6 is 0 Å². The maximum Gasteiger partial charge on any atom is 0.417 e. The largest absolute Gasteiger partial charge is 0.474 e. The SMILES string of the molecule is O=C(NC1CCC(Oc2ccc(C(F)(F)F)cn2)CC1)OCc1ccccc1. The summed E-state index contributed by atoms with van der Waals surface area (Å²) in [5.74, 6) is 0.173. The minimum Gasteiger partial charge on any atom is -0.474 e. The fraction of sp³-hybridized carbons (Fsp3) is 0.400. The Kier molecular flexibility index (Phi) is 6.38. The van der Waals surface area contributed by atoms with Crippen molar-refractivity contribution in [2.24, 2.45) is 0 Å². The number of ether oxygens (including phenoxy) is 2. The molecule has 0 unspecified atom stereocenters. The van der Waals surface area contributed by atoms with E-state index < -0.39 is 17.8 Å². The molecule has 0 saturated heterocycles. The van der Waals surface area contributed by atoms with Gasteiger partial charge in [-0.1, -0.05) is 30.3 Å². The molecule has 2 aromatic rings. The first-order chi connectivity index (χ1) is 13.4. The number of amides is 1. The maximum atomic E-state index is 12.6. The lowest BCUT2D eigenvalue weighted by atomic mass is 9.93. The van der Waals surface area contributed by atoms with Crippen LogP contribution in [0, 0.1) is 0 Å². The van der Waals surface area contributed by atoms with Gasteiger partial charge in [-0.25, -0.2) is 9.78 Å². The van der Waals surface area contributed by atoms with Crippen molar-refractivity contribution in [2.45, 2.75) is 50.6 Å². The molecule has 0 atom stereocenters. The van der Waals surface area contributed by atoms with Crippen molar-refractivity contribution in [2.75, 3.05) is 0 Å². The van der Waals surface area contributed by atoms with E-state index in [0.717, 1.165) is 17.8 Å². The van der Waals surface area contributed by atoms with Gasteiger partial charge in [0.15, 0.2) is 0 Å². The van der Waals surface area contributed by atoms with E-state index in [1.54, 1.807) is 0 Å². The smallest absolute Gasteiger partial charge is 0.417 e. The van der Waals surface area contributed by atoms with Gasteiger partial charge in [-0.15, -0.1) is 0 Å². The Morgan fingerprint density at radius 2 is 1.79 bits per heavy atom. The second-order valence-corrected chi connectivity index (χ2v) is 6.68. The predicted molar refractivity (Wildman–Crippen MR) is 95.7 cm³/mol. The summed E-state index contributed by atoms with van der Waals surface area (Å²) in [4.78, 5) is 15.6. The van der Waals surface area contributed by atoms with Gasteiger partial charge in [0.2, 0.25) is 5.88 Å². The monoisotopic (exact) mass is 394 g/mol. The molecule has 3 rings (SSSR count). The third-order valence-electron chi connectivity index (χ3n) is 4.56. The van der Waals surface area contributed by atoms with E-state index in [-0.39, 0.29) is 24.6 Å². The number of rotatable bonds is 5. The van der Waals surface area contributed by atoms with Crippen molar-refractivity contribution in [3.63, 3.8) is 0 Å². The fourth-order valence-corrected chi connectivity index (χ4v) is 3.04. The number of hydrogen-bond acceptors (Lipinski definition) is 4. The standard InChI is InChI=1S/C20H21F3N2O3/c21-20(22,23)15-6-11-18(24-12-15)28-17-9-7-16(8-10-17)25-19(26)27-13-14-4-2-1-3-5-14/h1-6,11-12,16-17H,7-10,13H2,(H,25,26). The number of nitrogens with zero attached hydrogens (tertiary/aromatic N) is 1.